The predicted octanol–water partition coefficient (Wildman–Crippen LogP) is 1.84. The van der Waals surface area contributed by atoms with Crippen LogP contribution >= 0.6 is 0 Å². The van der Waals surface area contributed by atoms with E-state index < -0.39 is 0 Å². The quantitative estimate of drug-likeness (QED) is 0.934. The summed E-state index contributed by atoms with van der Waals surface area (Å²) in [5.74, 6) is -0.287. The topological polar surface area (TPSA) is 75.4 Å². The number of hydrogen-bond acceptors (Lipinski definition) is 4. The van der Waals surface area contributed by atoms with Crippen LogP contribution in [0.15, 0.2) is 47.4 Å². The van der Waals surface area contributed by atoms with E-state index in [9.17, 15) is 9.59 Å². The van der Waals surface area contributed by atoms with Gasteiger partial charge in [-0.25, -0.2) is 0 Å². The average Bonchev–Trinajstić information content (AvgIpc) is 3.14. The second-order valence-electron chi connectivity index (χ2n) is 5.64. The molecular weight excluding hydrogens is 294 g/mol. The Morgan fingerprint density at radius 1 is 1.35 bits per heavy atom. The van der Waals surface area contributed by atoms with E-state index in [1.54, 1.807) is 17.2 Å². The molecule has 1 atom stereocenters. The fourth-order valence-corrected chi connectivity index (χ4v) is 2.77. The molecule has 0 saturated carbocycles. The molecule has 3 rings (SSSR count). The maximum atomic E-state index is 12.3. The molecule has 0 aliphatic carbocycles. The molecule has 1 fully saturated rings. The SMILES string of the molecule is O=C(NCc1ccccn1)C1CCCN(C(=O)c2ccoc2)C1. The van der Waals surface area contributed by atoms with E-state index in [0.717, 1.165) is 18.5 Å². The summed E-state index contributed by atoms with van der Waals surface area (Å²) in [6.07, 6.45) is 6.24. The van der Waals surface area contributed by atoms with Crippen molar-refractivity contribution in [3.05, 3.63) is 54.2 Å². The first-order valence-electron chi connectivity index (χ1n) is 7.73. The molecule has 2 aromatic rings. The first-order chi connectivity index (χ1) is 11.2. The fraction of sp³-hybridized carbons (Fsp3) is 0.353. The number of carbonyl (C=O) groups excluding carboxylic acids is 2. The lowest BCUT2D eigenvalue weighted by molar-refractivity contribution is -0.126. The molecule has 6 nitrogen and oxygen atoms in total. The highest BCUT2D eigenvalue weighted by atomic mass is 16.3. The van der Waals surface area contributed by atoms with Crippen LogP contribution in [0.3, 0.4) is 0 Å². The molecule has 1 N–H and O–H groups in total. The van der Waals surface area contributed by atoms with E-state index in [4.69, 9.17) is 4.42 Å². The lowest BCUT2D eigenvalue weighted by Crippen LogP contribution is -2.45. The zero-order valence-electron chi connectivity index (χ0n) is 12.8. The van der Waals surface area contributed by atoms with Gasteiger partial charge in [0, 0.05) is 19.3 Å². The fourth-order valence-electron chi connectivity index (χ4n) is 2.77. The van der Waals surface area contributed by atoms with Gasteiger partial charge < -0.3 is 14.6 Å². The Balaban J connectivity index is 1.55. The standard InChI is InChI=1S/C17H19N3O3/c21-16(19-10-15-5-1-2-7-18-15)13-4-3-8-20(11-13)17(22)14-6-9-23-12-14/h1-2,5-7,9,12-13H,3-4,8,10-11H2,(H,19,21). The van der Waals surface area contributed by atoms with E-state index in [1.165, 1.54) is 12.5 Å². The maximum absolute atomic E-state index is 12.3. The van der Waals surface area contributed by atoms with Gasteiger partial charge in [0.25, 0.3) is 5.91 Å². The van der Waals surface area contributed by atoms with Crippen LogP contribution in [0.5, 0.6) is 0 Å². The van der Waals surface area contributed by atoms with Crippen molar-refractivity contribution in [1.29, 1.82) is 0 Å². The molecule has 6 heteroatoms. The number of aromatic nitrogens is 1. The number of rotatable bonds is 4. The second-order valence-corrected chi connectivity index (χ2v) is 5.64. The smallest absolute Gasteiger partial charge is 0.257 e. The number of hydrogen-bond donors (Lipinski definition) is 1. The highest BCUT2D eigenvalue weighted by Gasteiger charge is 2.29. The van der Waals surface area contributed by atoms with Gasteiger partial charge in [-0.3, -0.25) is 14.6 Å². The molecule has 0 bridgehead atoms. The van der Waals surface area contributed by atoms with Gasteiger partial charge in [-0.1, -0.05) is 6.07 Å². The van der Waals surface area contributed by atoms with Crippen molar-refractivity contribution in [2.24, 2.45) is 5.92 Å². The monoisotopic (exact) mass is 313 g/mol. The summed E-state index contributed by atoms with van der Waals surface area (Å²) in [4.78, 5) is 30.6. The molecule has 1 saturated heterocycles. The molecule has 0 radical (unpaired) electrons. The number of carbonyl (C=O) groups is 2. The Morgan fingerprint density at radius 3 is 3.00 bits per heavy atom. The Labute approximate surface area is 134 Å². The zero-order valence-corrected chi connectivity index (χ0v) is 12.8. The Kier molecular flexibility index (Phi) is 4.71. The molecule has 1 aliphatic rings. The number of nitrogens with one attached hydrogen (secondary N) is 1. The van der Waals surface area contributed by atoms with Gasteiger partial charge in [0.1, 0.15) is 6.26 Å². The number of furan rings is 1. The summed E-state index contributed by atoms with van der Waals surface area (Å²) in [6.45, 7) is 1.53. The normalized spacial score (nSPS) is 17.7. The Hall–Kier alpha value is -2.63. The minimum absolute atomic E-state index is 0.0275. The van der Waals surface area contributed by atoms with E-state index >= 15 is 0 Å². The maximum Gasteiger partial charge on any atom is 0.257 e. The van der Waals surface area contributed by atoms with Crippen molar-refractivity contribution >= 4 is 11.8 Å². The molecule has 120 valence electrons. The average molecular weight is 313 g/mol. The van der Waals surface area contributed by atoms with Crippen LogP contribution in [0.4, 0.5) is 0 Å². The molecule has 2 amide bonds. The van der Waals surface area contributed by atoms with Crippen molar-refractivity contribution in [2.45, 2.75) is 19.4 Å². The van der Waals surface area contributed by atoms with Crippen molar-refractivity contribution in [3.8, 4) is 0 Å². The van der Waals surface area contributed by atoms with E-state index in [2.05, 4.69) is 10.3 Å². The molecule has 2 aromatic heterocycles. The summed E-state index contributed by atoms with van der Waals surface area (Å²) < 4.78 is 4.95. The minimum Gasteiger partial charge on any atom is -0.472 e. The van der Waals surface area contributed by atoms with Gasteiger partial charge in [-0.2, -0.15) is 0 Å². The van der Waals surface area contributed by atoms with Crippen molar-refractivity contribution in [3.63, 3.8) is 0 Å². The van der Waals surface area contributed by atoms with Gasteiger partial charge in [0.2, 0.25) is 5.91 Å². The van der Waals surface area contributed by atoms with Crippen LogP contribution in [-0.4, -0.2) is 34.8 Å². The van der Waals surface area contributed by atoms with Crippen LogP contribution in [0.2, 0.25) is 0 Å². The van der Waals surface area contributed by atoms with E-state index in [0.29, 0.717) is 25.2 Å². The largest absolute Gasteiger partial charge is 0.472 e. The van der Waals surface area contributed by atoms with Crippen LogP contribution in [-0.2, 0) is 11.3 Å². The number of pyridine rings is 1. The van der Waals surface area contributed by atoms with Crippen LogP contribution < -0.4 is 5.32 Å². The Morgan fingerprint density at radius 2 is 2.26 bits per heavy atom. The molecule has 23 heavy (non-hydrogen) atoms. The summed E-state index contributed by atoms with van der Waals surface area (Å²) in [6, 6.07) is 7.25. The highest BCUT2D eigenvalue weighted by molar-refractivity contribution is 5.94. The molecule has 3 heterocycles. The number of nitrogens with zero attached hydrogens (tertiary/aromatic N) is 2. The van der Waals surface area contributed by atoms with Crippen LogP contribution in [0.1, 0.15) is 28.9 Å². The third-order valence-electron chi connectivity index (χ3n) is 4.02. The summed E-state index contributed by atoms with van der Waals surface area (Å²) in [5.41, 5.74) is 1.35. The summed E-state index contributed by atoms with van der Waals surface area (Å²) >= 11 is 0. The van der Waals surface area contributed by atoms with Crippen LogP contribution in [0.25, 0.3) is 0 Å². The second kappa shape index (κ2) is 7.09. The lowest BCUT2D eigenvalue weighted by atomic mass is 9.96. The van der Waals surface area contributed by atoms with Gasteiger partial charge in [0.15, 0.2) is 0 Å². The first-order valence-corrected chi connectivity index (χ1v) is 7.73. The zero-order chi connectivity index (χ0) is 16.1. The van der Waals surface area contributed by atoms with Crippen molar-refractivity contribution in [2.75, 3.05) is 13.1 Å². The van der Waals surface area contributed by atoms with Crippen molar-refractivity contribution in [1.82, 2.24) is 15.2 Å². The highest BCUT2D eigenvalue weighted by Crippen LogP contribution is 2.19. The molecular formula is C17H19N3O3. The third-order valence-corrected chi connectivity index (χ3v) is 4.02. The van der Waals surface area contributed by atoms with Crippen molar-refractivity contribution < 1.29 is 14.0 Å². The summed E-state index contributed by atoms with van der Waals surface area (Å²) in [7, 11) is 0. The molecule has 1 unspecified atom stereocenters. The number of likely N-dealkylation sites (tertiary alicyclic amines) is 1. The Bertz CT molecular complexity index is 655. The van der Waals surface area contributed by atoms with Crippen LogP contribution in [0, 0.1) is 5.92 Å². The summed E-state index contributed by atoms with van der Waals surface area (Å²) in [5, 5.41) is 2.90. The first kappa shape index (κ1) is 15.3. The van der Waals surface area contributed by atoms with Gasteiger partial charge in [-0.15, -0.1) is 0 Å². The molecule has 0 aromatic carbocycles. The van der Waals surface area contributed by atoms with E-state index in [-0.39, 0.29) is 17.7 Å². The molecule has 1 aliphatic heterocycles. The lowest BCUT2D eigenvalue weighted by Gasteiger charge is -2.31. The minimum atomic E-state index is -0.177. The van der Waals surface area contributed by atoms with Gasteiger partial charge >= 0.3 is 0 Å². The third kappa shape index (κ3) is 3.77. The van der Waals surface area contributed by atoms with E-state index in [1.807, 2.05) is 18.2 Å². The number of piperidine rings is 1. The number of amides is 2. The molecule has 0 spiro atoms. The van der Waals surface area contributed by atoms with Gasteiger partial charge in [-0.05, 0) is 31.0 Å². The van der Waals surface area contributed by atoms with Gasteiger partial charge in [0.05, 0.1) is 30.0 Å². The predicted molar refractivity (Wildman–Crippen MR) is 83.4 cm³/mol.